The fourth-order valence-electron chi connectivity index (χ4n) is 1.03. The summed E-state index contributed by atoms with van der Waals surface area (Å²) < 4.78 is 0. The van der Waals surface area contributed by atoms with Crippen LogP contribution in [0.25, 0.3) is 0 Å². The first-order chi connectivity index (χ1) is 6.93. The van der Waals surface area contributed by atoms with Gasteiger partial charge in [-0.2, -0.15) is 0 Å². The number of oxime groups is 1. The largest absolute Gasteiger partial charge is 0.411 e. The van der Waals surface area contributed by atoms with Gasteiger partial charge in [0.25, 0.3) is 0 Å². The van der Waals surface area contributed by atoms with Gasteiger partial charge in [0.05, 0.1) is 0 Å². The van der Waals surface area contributed by atoms with Crippen LogP contribution in [0.4, 0.5) is 0 Å². The normalized spacial score (nSPS) is 9.71. The molecular formula is C12H13NO. The molecule has 1 aromatic rings. The Labute approximate surface area is 84.3 Å². The van der Waals surface area contributed by atoms with Crippen LogP contribution >= 0.6 is 0 Å². The van der Waals surface area contributed by atoms with Crippen LogP contribution in [0.1, 0.15) is 24.8 Å². The molecule has 1 rings (SSSR count). The number of nitrogens with zero attached hydrogens (tertiary/aromatic N) is 1. The maximum atomic E-state index is 8.13. The van der Waals surface area contributed by atoms with E-state index in [0.717, 1.165) is 24.8 Å². The number of rotatable bonds is 3. The molecular weight excluding hydrogens is 174 g/mol. The van der Waals surface area contributed by atoms with E-state index >= 15 is 0 Å². The Morgan fingerprint density at radius 2 is 2.07 bits per heavy atom. The topological polar surface area (TPSA) is 32.6 Å². The summed E-state index contributed by atoms with van der Waals surface area (Å²) in [4.78, 5) is 0. The number of hydrogen-bond acceptors (Lipinski definition) is 2. The molecule has 0 radical (unpaired) electrons. The van der Waals surface area contributed by atoms with E-state index in [0.29, 0.717) is 0 Å². The summed E-state index contributed by atoms with van der Waals surface area (Å²) in [7, 11) is 0. The van der Waals surface area contributed by atoms with Gasteiger partial charge in [-0.3, -0.25) is 0 Å². The van der Waals surface area contributed by atoms with Crippen LogP contribution in [-0.4, -0.2) is 11.4 Å². The average molecular weight is 187 g/mol. The molecule has 0 bridgehead atoms. The first-order valence-electron chi connectivity index (χ1n) is 4.63. The second kappa shape index (κ2) is 6.73. The van der Waals surface area contributed by atoms with E-state index in [1.54, 1.807) is 0 Å². The van der Waals surface area contributed by atoms with Crippen LogP contribution in [0.2, 0.25) is 0 Å². The van der Waals surface area contributed by atoms with Gasteiger partial charge < -0.3 is 5.21 Å². The van der Waals surface area contributed by atoms with Crippen LogP contribution in [-0.2, 0) is 0 Å². The molecule has 0 unspecified atom stereocenters. The van der Waals surface area contributed by atoms with Gasteiger partial charge in [0, 0.05) is 18.2 Å². The molecule has 0 heterocycles. The van der Waals surface area contributed by atoms with Gasteiger partial charge in [-0.25, -0.2) is 0 Å². The van der Waals surface area contributed by atoms with Crippen molar-refractivity contribution in [3.8, 4) is 11.8 Å². The van der Waals surface area contributed by atoms with Crippen molar-refractivity contribution < 1.29 is 5.21 Å². The molecule has 0 saturated heterocycles. The van der Waals surface area contributed by atoms with Crippen LogP contribution in [0.5, 0.6) is 0 Å². The van der Waals surface area contributed by atoms with E-state index in [-0.39, 0.29) is 0 Å². The summed E-state index contributed by atoms with van der Waals surface area (Å²) in [5, 5.41) is 11.1. The van der Waals surface area contributed by atoms with Crippen molar-refractivity contribution in [1.29, 1.82) is 0 Å². The third-order valence-electron chi connectivity index (χ3n) is 1.72. The van der Waals surface area contributed by atoms with Crippen molar-refractivity contribution in [2.24, 2.45) is 5.16 Å². The molecule has 72 valence electrons. The molecule has 2 nitrogen and oxygen atoms in total. The Bertz CT molecular complexity index is 332. The van der Waals surface area contributed by atoms with Crippen molar-refractivity contribution in [3.63, 3.8) is 0 Å². The maximum absolute atomic E-state index is 8.13. The van der Waals surface area contributed by atoms with Crippen molar-refractivity contribution in [2.75, 3.05) is 0 Å². The van der Waals surface area contributed by atoms with Gasteiger partial charge >= 0.3 is 0 Å². The second-order valence-electron chi connectivity index (χ2n) is 2.86. The molecule has 2 heteroatoms. The maximum Gasteiger partial charge on any atom is 0.0436 e. The summed E-state index contributed by atoms with van der Waals surface area (Å²) in [5.74, 6) is 6.13. The van der Waals surface area contributed by atoms with Crippen molar-refractivity contribution in [1.82, 2.24) is 0 Å². The molecule has 0 aromatic heterocycles. The summed E-state index contributed by atoms with van der Waals surface area (Å²) in [6.07, 6.45) is 4.04. The fourth-order valence-corrected chi connectivity index (χ4v) is 1.03. The van der Waals surface area contributed by atoms with Crippen LogP contribution in [0.15, 0.2) is 35.5 Å². The van der Waals surface area contributed by atoms with Crippen molar-refractivity contribution >= 4 is 6.21 Å². The summed E-state index contributed by atoms with van der Waals surface area (Å²) >= 11 is 0. The molecule has 0 aliphatic rings. The summed E-state index contributed by atoms with van der Waals surface area (Å²) in [6.45, 7) is 0. The van der Waals surface area contributed by atoms with Crippen LogP contribution in [0.3, 0.4) is 0 Å². The smallest absolute Gasteiger partial charge is 0.0436 e. The lowest BCUT2D eigenvalue weighted by Gasteiger charge is -1.87. The molecule has 1 aromatic carbocycles. The Balaban J connectivity index is 2.27. The highest BCUT2D eigenvalue weighted by molar-refractivity contribution is 5.55. The minimum atomic E-state index is 0.778. The van der Waals surface area contributed by atoms with Gasteiger partial charge in [-0.1, -0.05) is 30.0 Å². The zero-order valence-corrected chi connectivity index (χ0v) is 7.98. The lowest BCUT2D eigenvalue weighted by atomic mass is 10.2. The number of benzene rings is 1. The SMILES string of the molecule is ON=CCCCC#Cc1ccccc1. The minimum Gasteiger partial charge on any atom is -0.411 e. The predicted molar refractivity (Wildman–Crippen MR) is 57.4 cm³/mol. The molecule has 0 amide bonds. The minimum absolute atomic E-state index is 0.778. The van der Waals surface area contributed by atoms with Crippen molar-refractivity contribution in [2.45, 2.75) is 19.3 Å². The Hall–Kier alpha value is -1.75. The molecule has 0 atom stereocenters. The van der Waals surface area contributed by atoms with Crippen molar-refractivity contribution in [3.05, 3.63) is 35.9 Å². The standard InChI is InChI=1S/C12H13NO/c14-13-11-7-2-1-4-8-12-9-5-3-6-10-12/h3,5-6,9-11,14H,1-2,7H2. The lowest BCUT2D eigenvalue weighted by molar-refractivity contribution is 0.320. The van der Waals surface area contributed by atoms with Gasteiger partial charge in [0.15, 0.2) is 0 Å². The second-order valence-corrected chi connectivity index (χ2v) is 2.86. The van der Waals surface area contributed by atoms with E-state index in [4.69, 9.17) is 5.21 Å². The van der Waals surface area contributed by atoms with Gasteiger partial charge in [0.1, 0.15) is 0 Å². The molecule has 14 heavy (non-hydrogen) atoms. The van der Waals surface area contributed by atoms with E-state index in [1.807, 2.05) is 30.3 Å². The van der Waals surface area contributed by atoms with E-state index in [9.17, 15) is 0 Å². The first kappa shape index (κ1) is 10.3. The van der Waals surface area contributed by atoms with E-state index < -0.39 is 0 Å². The monoisotopic (exact) mass is 187 g/mol. The zero-order chi connectivity index (χ0) is 10.1. The molecule has 0 saturated carbocycles. The molecule has 1 N–H and O–H groups in total. The van der Waals surface area contributed by atoms with Gasteiger partial charge in [-0.15, -0.1) is 5.16 Å². The van der Waals surface area contributed by atoms with Crippen LogP contribution in [0, 0.1) is 11.8 Å². The van der Waals surface area contributed by atoms with E-state index in [1.165, 1.54) is 6.21 Å². The van der Waals surface area contributed by atoms with E-state index in [2.05, 4.69) is 17.0 Å². The highest BCUT2D eigenvalue weighted by Crippen LogP contribution is 1.96. The van der Waals surface area contributed by atoms with Gasteiger partial charge in [-0.05, 0) is 25.0 Å². The number of unbranched alkanes of at least 4 members (excludes halogenated alkanes) is 2. The third-order valence-corrected chi connectivity index (χ3v) is 1.72. The predicted octanol–water partition coefficient (Wildman–Crippen LogP) is 2.67. The molecule has 0 spiro atoms. The number of hydrogen-bond donors (Lipinski definition) is 1. The summed E-state index contributed by atoms with van der Waals surface area (Å²) in [5.41, 5.74) is 1.04. The Kier molecular flexibility index (Phi) is 4.97. The van der Waals surface area contributed by atoms with Crippen LogP contribution < -0.4 is 0 Å². The molecule has 0 aliphatic heterocycles. The van der Waals surface area contributed by atoms with Gasteiger partial charge in [0.2, 0.25) is 0 Å². The lowest BCUT2D eigenvalue weighted by Crippen LogP contribution is -1.76. The first-order valence-corrected chi connectivity index (χ1v) is 4.63. The summed E-state index contributed by atoms with van der Waals surface area (Å²) in [6, 6.07) is 9.90. The Morgan fingerprint density at radius 1 is 1.29 bits per heavy atom. The quantitative estimate of drug-likeness (QED) is 0.255. The molecule has 0 aliphatic carbocycles. The molecule has 0 fully saturated rings. The Morgan fingerprint density at radius 3 is 2.79 bits per heavy atom. The average Bonchev–Trinajstić information content (AvgIpc) is 2.25. The fraction of sp³-hybridized carbons (Fsp3) is 0.250. The zero-order valence-electron chi connectivity index (χ0n) is 7.98. The third kappa shape index (κ3) is 4.32. The highest BCUT2D eigenvalue weighted by Gasteiger charge is 1.82. The highest BCUT2D eigenvalue weighted by atomic mass is 16.4.